The van der Waals surface area contributed by atoms with Crippen LogP contribution in [0, 0.1) is 13.8 Å². The van der Waals surface area contributed by atoms with E-state index in [0.29, 0.717) is 0 Å². The molecule has 2 N–H and O–H groups in total. The molecule has 0 amide bonds. The maximum atomic E-state index is 6.20. The van der Waals surface area contributed by atoms with E-state index in [1.54, 1.807) is 14.2 Å². The van der Waals surface area contributed by atoms with Gasteiger partial charge in [-0.1, -0.05) is 12.1 Å². The van der Waals surface area contributed by atoms with Crippen molar-refractivity contribution in [3.63, 3.8) is 0 Å². The second kappa shape index (κ2) is 6.62. The zero-order valence-electron chi connectivity index (χ0n) is 11.2. The Hall–Kier alpha value is -1.06. The zero-order valence-corrected chi connectivity index (χ0v) is 11.2. The summed E-state index contributed by atoms with van der Waals surface area (Å²) in [5, 5.41) is 0. The van der Waals surface area contributed by atoms with Crippen LogP contribution in [-0.2, 0) is 4.74 Å². The van der Waals surface area contributed by atoms with Gasteiger partial charge in [0.15, 0.2) is 0 Å². The lowest BCUT2D eigenvalue weighted by molar-refractivity contribution is 0.190. The van der Waals surface area contributed by atoms with Crippen LogP contribution in [0.2, 0.25) is 0 Å². The highest BCUT2D eigenvalue weighted by Crippen LogP contribution is 2.31. The molecule has 0 fully saturated rings. The number of aryl methyl sites for hydroxylation is 1. The van der Waals surface area contributed by atoms with Crippen LogP contribution in [0.25, 0.3) is 0 Å². The maximum Gasteiger partial charge on any atom is 0.126 e. The van der Waals surface area contributed by atoms with E-state index >= 15 is 0 Å². The minimum Gasteiger partial charge on any atom is -0.496 e. The molecule has 3 heteroatoms. The minimum absolute atomic E-state index is 0.0133. The predicted octanol–water partition coefficient (Wildman–Crippen LogP) is 2.74. The molecular weight excluding hydrogens is 214 g/mol. The van der Waals surface area contributed by atoms with Crippen molar-refractivity contribution in [2.24, 2.45) is 5.73 Å². The Morgan fingerprint density at radius 1 is 1.24 bits per heavy atom. The largest absolute Gasteiger partial charge is 0.496 e. The van der Waals surface area contributed by atoms with E-state index in [9.17, 15) is 0 Å². The Morgan fingerprint density at radius 3 is 2.53 bits per heavy atom. The van der Waals surface area contributed by atoms with Crippen LogP contribution in [0.3, 0.4) is 0 Å². The summed E-state index contributed by atoms with van der Waals surface area (Å²) in [7, 11) is 3.41. The van der Waals surface area contributed by atoms with Gasteiger partial charge >= 0.3 is 0 Å². The Bertz CT molecular complexity index is 363. The van der Waals surface area contributed by atoms with Gasteiger partial charge in [-0.25, -0.2) is 0 Å². The number of hydrogen-bond acceptors (Lipinski definition) is 3. The first-order chi connectivity index (χ1) is 8.11. The molecule has 0 spiro atoms. The summed E-state index contributed by atoms with van der Waals surface area (Å²) in [4.78, 5) is 0. The molecule has 0 aromatic heterocycles. The molecule has 1 aromatic rings. The molecule has 1 rings (SSSR count). The van der Waals surface area contributed by atoms with Crippen molar-refractivity contribution in [2.45, 2.75) is 32.7 Å². The van der Waals surface area contributed by atoms with E-state index < -0.39 is 0 Å². The van der Waals surface area contributed by atoms with E-state index in [1.165, 1.54) is 11.1 Å². The van der Waals surface area contributed by atoms with E-state index in [2.05, 4.69) is 26.0 Å². The highest BCUT2D eigenvalue weighted by atomic mass is 16.5. The first-order valence-corrected chi connectivity index (χ1v) is 6.00. The van der Waals surface area contributed by atoms with Crippen molar-refractivity contribution in [1.29, 1.82) is 0 Å². The summed E-state index contributed by atoms with van der Waals surface area (Å²) in [5.41, 5.74) is 9.69. The van der Waals surface area contributed by atoms with Crippen LogP contribution >= 0.6 is 0 Å². The topological polar surface area (TPSA) is 44.5 Å². The smallest absolute Gasteiger partial charge is 0.126 e. The fraction of sp³-hybridized carbons (Fsp3) is 0.571. The van der Waals surface area contributed by atoms with Crippen molar-refractivity contribution in [1.82, 2.24) is 0 Å². The lowest BCUT2D eigenvalue weighted by atomic mass is 9.97. The summed E-state index contributed by atoms with van der Waals surface area (Å²) >= 11 is 0. The van der Waals surface area contributed by atoms with E-state index in [1.807, 2.05) is 0 Å². The third-order valence-electron chi connectivity index (χ3n) is 3.17. The summed E-state index contributed by atoms with van der Waals surface area (Å²) in [6.07, 6.45) is 1.88. The second-order valence-electron chi connectivity index (χ2n) is 4.37. The minimum atomic E-state index is 0.0133. The standard InChI is InChI=1S/C14H23NO2/c1-10-7-8-12(14(17-4)11(10)2)13(15)6-5-9-16-3/h7-8,13H,5-6,9,15H2,1-4H3. The Labute approximate surface area is 104 Å². The molecule has 3 nitrogen and oxygen atoms in total. The van der Waals surface area contributed by atoms with E-state index in [0.717, 1.165) is 30.8 Å². The number of benzene rings is 1. The van der Waals surface area contributed by atoms with Gasteiger partial charge in [0.05, 0.1) is 7.11 Å². The molecule has 0 aliphatic rings. The summed E-state index contributed by atoms with van der Waals surface area (Å²) < 4.78 is 10.5. The van der Waals surface area contributed by atoms with Crippen molar-refractivity contribution < 1.29 is 9.47 Å². The van der Waals surface area contributed by atoms with Crippen LogP contribution in [0.4, 0.5) is 0 Å². The molecule has 0 bridgehead atoms. The summed E-state index contributed by atoms with van der Waals surface area (Å²) in [6.45, 7) is 4.90. The van der Waals surface area contributed by atoms with Gasteiger partial charge < -0.3 is 15.2 Å². The van der Waals surface area contributed by atoms with Gasteiger partial charge in [-0.2, -0.15) is 0 Å². The first-order valence-electron chi connectivity index (χ1n) is 6.00. The Morgan fingerprint density at radius 2 is 1.94 bits per heavy atom. The van der Waals surface area contributed by atoms with E-state index in [4.69, 9.17) is 15.2 Å². The third-order valence-corrected chi connectivity index (χ3v) is 3.17. The van der Waals surface area contributed by atoms with Crippen LogP contribution < -0.4 is 10.5 Å². The van der Waals surface area contributed by atoms with Gasteiger partial charge in [0.1, 0.15) is 5.75 Å². The monoisotopic (exact) mass is 237 g/mol. The summed E-state index contributed by atoms with van der Waals surface area (Å²) in [5.74, 6) is 0.926. The van der Waals surface area contributed by atoms with E-state index in [-0.39, 0.29) is 6.04 Å². The molecule has 1 aromatic carbocycles. The zero-order chi connectivity index (χ0) is 12.8. The molecule has 0 aliphatic heterocycles. The normalized spacial score (nSPS) is 12.5. The van der Waals surface area contributed by atoms with Gasteiger partial charge in [0, 0.05) is 25.3 Å². The van der Waals surface area contributed by atoms with Crippen LogP contribution in [0.5, 0.6) is 5.75 Å². The van der Waals surface area contributed by atoms with Crippen molar-refractivity contribution >= 4 is 0 Å². The molecular formula is C14H23NO2. The molecule has 96 valence electrons. The SMILES string of the molecule is COCCCC(N)c1ccc(C)c(C)c1OC. The molecule has 0 aliphatic carbocycles. The number of nitrogens with two attached hydrogens (primary N) is 1. The number of methoxy groups -OCH3 is 2. The molecule has 0 radical (unpaired) electrons. The van der Waals surface area contributed by atoms with Crippen LogP contribution in [0.15, 0.2) is 12.1 Å². The predicted molar refractivity (Wildman–Crippen MR) is 70.5 cm³/mol. The Kier molecular flexibility index (Phi) is 5.45. The summed E-state index contributed by atoms with van der Waals surface area (Å²) in [6, 6.07) is 4.18. The molecule has 0 saturated carbocycles. The lowest BCUT2D eigenvalue weighted by Crippen LogP contribution is -2.13. The first kappa shape index (κ1) is 14.0. The second-order valence-corrected chi connectivity index (χ2v) is 4.37. The van der Waals surface area contributed by atoms with Gasteiger partial charge in [-0.3, -0.25) is 0 Å². The van der Waals surface area contributed by atoms with Crippen LogP contribution in [0.1, 0.15) is 35.6 Å². The Balaban J connectivity index is 2.85. The van der Waals surface area contributed by atoms with Crippen molar-refractivity contribution in [3.05, 3.63) is 28.8 Å². The molecule has 1 atom stereocenters. The van der Waals surface area contributed by atoms with Crippen LogP contribution in [-0.4, -0.2) is 20.8 Å². The fourth-order valence-electron chi connectivity index (χ4n) is 1.98. The molecule has 1 unspecified atom stereocenters. The number of hydrogen-bond donors (Lipinski definition) is 1. The van der Waals surface area contributed by atoms with Gasteiger partial charge in [0.25, 0.3) is 0 Å². The van der Waals surface area contributed by atoms with Crippen molar-refractivity contribution in [2.75, 3.05) is 20.8 Å². The average Bonchev–Trinajstić information content (AvgIpc) is 2.32. The van der Waals surface area contributed by atoms with Crippen molar-refractivity contribution in [3.8, 4) is 5.75 Å². The molecule has 0 heterocycles. The van der Waals surface area contributed by atoms with Gasteiger partial charge in [-0.05, 0) is 37.8 Å². The third kappa shape index (κ3) is 3.45. The quantitative estimate of drug-likeness (QED) is 0.774. The molecule has 0 saturated heterocycles. The fourth-order valence-corrected chi connectivity index (χ4v) is 1.98. The number of rotatable bonds is 6. The number of ether oxygens (including phenoxy) is 2. The lowest BCUT2D eigenvalue weighted by Gasteiger charge is -2.18. The molecule has 17 heavy (non-hydrogen) atoms. The highest BCUT2D eigenvalue weighted by molar-refractivity contribution is 5.46. The maximum absolute atomic E-state index is 6.20. The van der Waals surface area contributed by atoms with Gasteiger partial charge in [0.2, 0.25) is 0 Å². The highest BCUT2D eigenvalue weighted by Gasteiger charge is 2.14. The average molecular weight is 237 g/mol. The van der Waals surface area contributed by atoms with Gasteiger partial charge in [-0.15, -0.1) is 0 Å².